The average Bonchev–Trinajstić information content (AvgIpc) is 3.02. The highest BCUT2D eigenvalue weighted by molar-refractivity contribution is 5.93. The summed E-state index contributed by atoms with van der Waals surface area (Å²) in [6, 6.07) is 2.41. The summed E-state index contributed by atoms with van der Waals surface area (Å²) in [7, 11) is 0. The summed E-state index contributed by atoms with van der Waals surface area (Å²) in [4.78, 5) is 21.9. The van der Waals surface area contributed by atoms with Crippen molar-refractivity contribution in [2.24, 2.45) is 5.92 Å². The van der Waals surface area contributed by atoms with Gasteiger partial charge < -0.3 is 5.32 Å². The van der Waals surface area contributed by atoms with Crippen LogP contribution in [0.1, 0.15) is 67.2 Å². The van der Waals surface area contributed by atoms with Crippen LogP contribution in [0.25, 0.3) is 16.7 Å². The van der Waals surface area contributed by atoms with E-state index in [1.54, 1.807) is 0 Å². The quantitative estimate of drug-likeness (QED) is 0.723. The summed E-state index contributed by atoms with van der Waals surface area (Å²) in [6.07, 6.45) is 5.79. The van der Waals surface area contributed by atoms with Crippen LogP contribution in [0.5, 0.6) is 0 Å². The van der Waals surface area contributed by atoms with E-state index in [4.69, 9.17) is 10.1 Å². The molecule has 0 atom stereocenters. The molecule has 0 radical (unpaired) electrons. The fraction of sp³-hybridized carbons (Fsp3) is 0.565. The summed E-state index contributed by atoms with van der Waals surface area (Å²) >= 11 is 0. The SMILES string of the molecule is Cc1cc(C)c2c(n1)nn1c(C)c(CCC(=O)NC3CCC(C)CC3)c(C)nc21. The zero-order chi connectivity index (χ0) is 20.7. The highest BCUT2D eigenvalue weighted by atomic mass is 16.1. The van der Waals surface area contributed by atoms with Crippen LogP contribution in [-0.4, -0.2) is 31.5 Å². The molecule has 1 aliphatic rings. The van der Waals surface area contributed by atoms with Gasteiger partial charge in [0.2, 0.25) is 5.91 Å². The lowest BCUT2D eigenvalue weighted by atomic mass is 9.87. The molecule has 1 aliphatic carbocycles. The van der Waals surface area contributed by atoms with Gasteiger partial charge in [-0.1, -0.05) is 6.92 Å². The molecule has 4 rings (SSSR count). The molecule has 154 valence electrons. The van der Waals surface area contributed by atoms with Crippen molar-refractivity contribution in [3.63, 3.8) is 0 Å². The Labute approximate surface area is 172 Å². The van der Waals surface area contributed by atoms with E-state index in [-0.39, 0.29) is 5.91 Å². The van der Waals surface area contributed by atoms with Gasteiger partial charge >= 0.3 is 0 Å². The molecule has 0 saturated heterocycles. The summed E-state index contributed by atoms with van der Waals surface area (Å²) < 4.78 is 1.90. The standard InChI is InChI=1S/C23H31N5O/c1-13-6-8-18(9-7-13)26-20(29)11-10-19-16(4)25-23-21-14(2)12-15(3)24-22(21)27-28(23)17(19)5/h12-13,18H,6-11H2,1-5H3,(H,26,29). The van der Waals surface area contributed by atoms with Crippen LogP contribution in [-0.2, 0) is 11.2 Å². The second kappa shape index (κ2) is 7.73. The molecule has 3 aromatic rings. The number of pyridine rings is 1. The third-order valence-electron chi connectivity index (χ3n) is 6.39. The Kier molecular flexibility index (Phi) is 5.28. The van der Waals surface area contributed by atoms with Crippen LogP contribution in [0.15, 0.2) is 6.07 Å². The number of carbonyl (C=O) groups is 1. The van der Waals surface area contributed by atoms with Crippen LogP contribution in [0.3, 0.4) is 0 Å². The third kappa shape index (κ3) is 3.85. The zero-order valence-corrected chi connectivity index (χ0v) is 18.2. The molecule has 0 bridgehead atoms. The molecular weight excluding hydrogens is 362 g/mol. The van der Waals surface area contributed by atoms with Gasteiger partial charge in [-0.05, 0) is 82.9 Å². The molecule has 3 aromatic heterocycles. The Morgan fingerprint density at radius 3 is 2.59 bits per heavy atom. The number of nitrogens with one attached hydrogen (secondary N) is 1. The van der Waals surface area contributed by atoms with Crippen LogP contribution in [0, 0.1) is 33.6 Å². The van der Waals surface area contributed by atoms with Crippen LogP contribution < -0.4 is 5.32 Å². The lowest BCUT2D eigenvalue weighted by Gasteiger charge is -2.27. The van der Waals surface area contributed by atoms with E-state index in [2.05, 4.69) is 37.1 Å². The van der Waals surface area contributed by atoms with Gasteiger partial charge in [0.25, 0.3) is 0 Å². The first-order valence-electron chi connectivity index (χ1n) is 10.8. The minimum atomic E-state index is 0.141. The lowest BCUT2D eigenvalue weighted by molar-refractivity contribution is -0.122. The number of nitrogens with zero attached hydrogens (tertiary/aromatic N) is 4. The molecule has 0 aromatic carbocycles. The summed E-state index contributed by atoms with van der Waals surface area (Å²) in [5.74, 6) is 0.931. The average molecular weight is 394 g/mol. The maximum atomic E-state index is 12.5. The van der Waals surface area contributed by atoms with Gasteiger partial charge in [0.1, 0.15) is 0 Å². The predicted octanol–water partition coefficient (Wildman–Crippen LogP) is 4.14. The van der Waals surface area contributed by atoms with Gasteiger partial charge in [-0.3, -0.25) is 4.79 Å². The zero-order valence-electron chi connectivity index (χ0n) is 18.2. The molecule has 0 aliphatic heterocycles. The molecule has 6 heteroatoms. The van der Waals surface area contributed by atoms with Crippen LogP contribution >= 0.6 is 0 Å². The van der Waals surface area contributed by atoms with Crippen molar-refractivity contribution in [3.05, 3.63) is 34.3 Å². The fourth-order valence-corrected chi connectivity index (χ4v) is 4.67. The largest absolute Gasteiger partial charge is 0.353 e. The minimum Gasteiger partial charge on any atom is -0.353 e. The normalized spacial score (nSPS) is 19.8. The van der Waals surface area contributed by atoms with Gasteiger partial charge in [-0.2, -0.15) is 0 Å². The van der Waals surface area contributed by atoms with Gasteiger partial charge in [-0.15, -0.1) is 5.10 Å². The van der Waals surface area contributed by atoms with Gasteiger partial charge in [0.05, 0.1) is 5.39 Å². The van der Waals surface area contributed by atoms with Crippen LogP contribution in [0.2, 0.25) is 0 Å². The Morgan fingerprint density at radius 1 is 1.14 bits per heavy atom. The van der Waals surface area contributed by atoms with Gasteiger partial charge in [0.15, 0.2) is 11.3 Å². The van der Waals surface area contributed by atoms with E-state index < -0.39 is 0 Å². The Hall–Kier alpha value is -2.50. The fourth-order valence-electron chi connectivity index (χ4n) is 4.67. The van der Waals surface area contributed by atoms with Gasteiger partial charge in [0, 0.05) is 29.5 Å². The molecule has 1 amide bonds. The van der Waals surface area contributed by atoms with Crippen LogP contribution in [0.4, 0.5) is 0 Å². The lowest BCUT2D eigenvalue weighted by Crippen LogP contribution is -2.37. The molecule has 6 nitrogen and oxygen atoms in total. The molecular formula is C23H31N5O. The number of hydrogen-bond donors (Lipinski definition) is 1. The van der Waals surface area contributed by atoms with E-state index in [1.807, 2.05) is 18.4 Å². The molecule has 1 fully saturated rings. The molecule has 1 N–H and O–H groups in total. The summed E-state index contributed by atoms with van der Waals surface area (Å²) in [6.45, 7) is 10.4. The Balaban J connectivity index is 1.55. The topological polar surface area (TPSA) is 72.2 Å². The maximum absolute atomic E-state index is 12.5. The first-order valence-corrected chi connectivity index (χ1v) is 10.8. The number of hydrogen-bond acceptors (Lipinski definition) is 4. The molecule has 3 heterocycles. The second-order valence-electron chi connectivity index (χ2n) is 8.80. The summed E-state index contributed by atoms with van der Waals surface area (Å²) in [5, 5.41) is 8.95. The number of aromatic nitrogens is 4. The molecule has 0 spiro atoms. The first kappa shape index (κ1) is 19.8. The Morgan fingerprint density at radius 2 is 1.86 bits per heavy atom. The van der Waals surface area contributed by atoms with Crippen molar-refractivity contribution in [1.82, 2.24) is 24.9 Å². The van der Waals surface area contributed by atoms with Crippen molar-refractivity contribution in [3.8, 4) is 0 Å². The highest BCUT2D eigenvalue weighted by Crippen LogP contribution is 2.26. The molecule has 29 heavy (non-hydrogen) atoms. The van der Waals surface area contributed by atoms with Crippen molar-refractivity contribution >= 4 is 22.6 Å². The Bertz CT molecular complexity index is 1080. The van der Waals surface area contributed by atoms with Crippen molar-refractivity contribution in [1.29, 1.82) is 0 Å². The highest BCUT2D eigenvalue weighted by Gasteiger charge is 2.21. The summed E-state index contributed by atoms with van der Waals surface area (Å²) in [5.41, 5.74) is 6.80. The van der Waals surface area contributed by atoms with Crippen molar-refractivity contribution < 1.29 is 4.79 Å². The smallest absolute Gasteiger partial charge is 0.220 e. The monoisotopic (exact) mass is 393 g/mol. The van der Waals surface area contributed by atoms with E-state index >= 15 is 0 Å². The van der Waals surface area contributed by atoms with E-state index in [9.17, 15) is 4.79 Å². The molecule has 0 unspecified atom stereocenters. The second-order valence-corrected chi connectivity index (χ2v) is 8.80. The molecule has 1 saturated carbocycles. The van der Waals surface area contributed by atoms with E-state index in [1.165, 1.54) is 12.8 Å². The third-order valence-corrected chi connectivity index (χ3v) is 6.39. The first-order chi connectivity index (χ1) is 13.8. The van der Waals surface area contributed by atoms with Crippen molar-refractivity contribution in [2.45, 2.75) is 79.2 Å². The van der Waals surface area contributed by atoms with Crippen molar-refractivity contribution in [2.75, 3.05) is 0 Å². The number of aryl methyl sites for hydroxylation is 4. The van der Waals surface area contributed by atoms with Gasteiger partial charge in [-0.25, -0.2) is 14.5 Å². The number of carbonyl (C=O) groups excluding carboxylic acids is 1. The van der Waals surface area contributed by atoms with E-state index in [0.717, 1.165) is 63.6 Å². The maximum Gasteiger partial charge on any atom is 0.220 e. The predicted molar refractivity (Wildman–Crippen MR) is 115 cm³/mol. The minimum absolute atomic E-state index is 0.141. The van der Waals surface area contributed by atoms with E-state index in [0.29, 0.717) is 18.9 Å². The number of fused-ring (bicyclic) bond motifs is 3. The number of amides is 1. The number of rotatable bonds is 4.